The normalized spacial score (nSPS) is 18.4. The highest BCUT2D eigenvalue weighted by Crippen LogP contribution is 2.25. The number of carbonyl (C=O) groups excluding carboxylic acids is 1. The molecule has 1 amide bonds. The molecular weight excluding hydrogens is 288 g/mol. The Morgan fingerprint density at radius 1 is 1.48 bits per heavy atom. The number of hydrogen-bond donors (Lipinski definition) is 2. The molecule has 1 aromatic heterocycles. The van der Waals surface area contributed by atoms with Crippen LogP contribution in [0.1, 0.15) is 12.8 Å². The number of aromatic nitrogens is 2. The van der Waals surface area contributed by atoms with Gasteiger partial charge in [-0.15, -0.1) is 0 Å². The molecule has 21 heavy (non-hydrogen) atoms. The van der Waals surface area contributed by atoms with Gasteiger partial charge in [0.05, 0.1) is 17.3 Å². The van der Waals surface area contributed by atoms with E-state index in [-0.39, 0.29) is 11.8 Å². The number of halogens is 1. The van der Waals surface area contributed by atoms with Gasteiger partial charge in [-0.05, 0) is 43.7 Å². The highest BCUT2D eigenvalue weighted by molar-refractivity contribution is 6.31. The molecule has 0 spiro atoms. The lowest BCUT2D eigenvalue weighted by Crippen LogP contribution is -2.37. The molecule has 5 nitrogen and oxygen atoms in total. The van der Waals surface area contributed by atoms with Gasteiger partial charge in [0.2, 0.25) is 5.91 Å². The maximum Gasteiger partial charge on any atom is 0.228 e. The zero-order valence-electron chi connectivity index (χ0n) is 11.6. The third-order valence-electron chi connectivity index (χ3n) is 3.64. The molecule has 110 valence electrons. The van der Waals surface area contributed by atoms with E-state index in [9.17, 15) is 4.79 Å². The van der Waals surface area contributed by atoms with Crippen molar-refractivity contribution < 1.29 is 4.79 Å². The van der Waals surface area contributed by atoms with E-state index < -0.39 is 0 Å². The third-order valence-corrected chi connectivity index (χ3v) is 3.87. The predicted molar refractivity (Wildman–Crippen MR) is 82.8 cm³/mol. The van der Waals surface area contributed by atoms with Crippen LogP contribution in [0.5, 0.6) is 0 Å². The summed E-state index contributed by atoms with van der Waals surface area (Å²) >= 11 is 6.05. The Morgan fingerprint density at radius 2 is 2.38 bits per heavy atom. The first-order chi connectivity index (χ1) is 10.2. The first-order valence-electron chi connectivity index (χ1n) is 7.05. The summed E-state index contributed by atoms with van der Waals surface area (Å²) in [4.78, 5) is 12.4. The summed E-state index contributed by atoms with van der Waals surface area (Å²) in [6.45, 7) is 1.71. The molecule has 0 aliphatic carbocycles. The molecule has 0 saturated carbocycles. The number of carbonyl (C=O) groups is 1. The van der Waals surface area contributed by atoms with Crippen molar-refractivity contribution >= 4 is 23.2 Å². The monoisotopic (exact) mass is 304 g/mol. The molecule has 1 fully saturated rings. The van der Waals surface area contributed by atoms with Gasteiger partial charge in [-0.2, -0.15) is 5.10 Å². The van der Waals surface area contributed by atoms with Gasteiger partial charge in [0.25, 0.3) is 0 Å². The van der Waals surface area contributed by atoms with Crippen LogP contribution >= 0.6 is 11.6 Å². The minimum Gasteiger partial charge on any atom is -0.324 e. The van der Waals surface area contributed by atoms with Crippen LogP contribution in [-0.2, 0) is 4.79 Å². The minimum atomic E-state index is 0.00297. The highest BCUT2D eigenvalue weighted by Gasteiger charge is 2.22. The first kappa shape index (κ1) is 14.1. The van der Waals surface area contributed by atoms with Crippen molar-refractivity contribution in [3.8, 4) is 5.69 Å². The topological polar surface area (TPSA) is 59.0 Å². The summed E-state index contributed by atoms with van der Waals surface area (Å²) in [6.07, 6.45) is 5.47. The Bertz CT molecular complexity index is 621. The fraction of sp³-hybridized carbons (Fsp3) is 0.333. The second-order valence-electron chi connectivity index (χ2n) is 5.14. The van der Waals surface area contributed by atoms with Crippen LogP contribution < -0.4 is 10.6 Å². The van der Waals surface area contributed by atoms with Gasteiger partial charge in [-0.25, -0.2) is 4.68 Å². The van der Waals surface area contributed by atoms with Crippen molar-refractivity contribution in [2.24, 2.45) is 5.92 Å². The maximum atomic E-state index is 12.4. The van der Waals surface area contributed by atoms with Crippen molar-refractivity contribution in [2.75, 3.05) is 18.4 Å². The van der Waals surface area contributed by atoms with E-state index in [2.05, 4.69) is 15.7 Å². The van der Waals surface area contributed by atoms with Crippen molar-refractivity contribution in [3.63, 3.8) is 0 Å². The van der Waals surface area contributed by atoms with Gasteiger partial charge in [0.1, 0.15) is 0 Å². The van der Waals surface area contributed by atoms with Crippen molar-refractivity contribution in [1.82, 2.24) is 15.1 Å². The van der Waals surface area contributed by atoms with E-state index >= 15 is 0 Å². The molecule has 0 bridgehead atoms. The van der Waals surface area contributed by atoms with Gasteiger partial charge in [-0.3, -0.25) is 4.79 Å². The molecule has 2 N–H and O–H groups in total. The van der Waals surface area contributed by atoms with Gasteiger partial charge in [0.15, 0.2) is 0 Å². The lowest BCUT2D eigenvalue weighted by atomic mass is 9.99. The fourth-order valence-corrected chi connectivity index (χ4v) is 2.70. The van der Waals surface area contributed by atoms with Crippen LogP contribution in [0.2, 0.25) is 5.02 Å². The SMILES string of the molecule is O=C(Nc1cc(Cl)ccc1-n1cccn1)[C@@H]1CCCNC1. The molecule has 6 heteroatoms. The van der Waals surface area contributed by atoms with Crippen LogP contribution in [0, 0.1) is 5.92 Å². The van der Waals surface area contributed by atoms with Crippen molar-refractivity contribution in [2.45, 2.75) is 12.8 Å². The molecule has 3 rings (SSSR count). The number of rotatable bonds is 3. The zero-order valence-corrected chi connectivity index (χ0v) is 12.3. The van der Waals surface area contributed by atoms with Gasteiger partial charge >= 0.3 is 0 Å². The molecule has 2 aromatic rings. The van der Waals surface area contributed by atoms with E-state index in [1.165, 1.54) is 0 Å². The molecule has 2 heterocycles. The lowest BCUT2D eigenvalue weighted by Gasteiger charge is -2.22. The van der Waals surface area contributed by atoms with E-state index in [1.54, 1.807) is 23.0 Å². The van der Waals surface area contributed by atoms with E-state index in [0.29, 0.717) is 10.7 Å². The summed E-state index contributed by atoms with van der Waals surface area (Å²) in [7, 11) is 0. The molecule has 1 saturated heterocycles. The molecular formula is C15H17ClN4O. The maximum absolute atomic E-state index is 12.4. The van der Waals surface area contributed by atoms with E-state index in [4.69, 9.17) is 11.6 Å². The predicted octanol–water partition coefficient (Wildman–Crippen LogP) is 2.46. The summed E-state index contributed by atoms with van der Waals surface area (Å²) in [5, 5.41) is 11.0. The second-order valence-corrected chi connectivity index (χ2v) is 5.58. The van der Waals surface area contributed by atoms with Crippen molar-refractivity contribution in [1.29, 1.82) is 0 Å². The number of benzene rings is 1. The molecule has 1 atom stereocenters. The number of anilines is 1. The van der Waals surface area contributed by atoms with E-state index in [1.807, 2.05) is 18.3 Å². The largest absolute Gasteiger partial charge is 0.324 e. The number of hydrogen-bond acceptors (Lipinski definition) is 3. The minimum absolute atomic E-state index is 0.00297. The number of amides is 1. The molecule has 0 radical (unpaired) electrons. The summed E-state index contributed by atoms with van der Waals surface area (Å²) < 4.78 is 1.71. The third kappa shape index (κ3) is 3.25. The van der Waals surface area contributed by atoms with Crippen LogP contribution in [0.25, 0.3) is 5.69 Å². The average molecular weight is 305 g/mol. The fourth-order valence-electron chi connectivity index (χ4n) is 2.53. The quantitative estimate of drug-likeness (QED) is 0.916. The molecule has 1 aliphatic rings. The van der Waals surface area contributed by atoms with Crippen LogP contribution in [0.15, 0.2) is 36.7 Å². The standard InChI is InChI=1S/C15H17ClN4O/c16-12-4-5-14(20-8-2-7-18-20)13(9-12)19-15(21)11-3-1-6-17-10-11/h2,4-5,7-9,11,17H,1,3,6,10H2,(H,19,21)/t11-/m1/s1. The Hall–Kier alpha value is -1.85. The van der Waals surface area contributed by atoms with E-state index in [0.717, 1.165) is 31.6 Å². The molecule has 1 aliphatic heterocycles. The number of nitrogens with one attached hydrogen (secondary N) is 2. The average Bonchev–Trinajstić information content (AvgIpc) is 3.02. The Kier molecular flexibility index (Phi) is 4.22. The smallest absolute Gasteiger partial charge is 0.228 e. The zero-order chi connectivity index (χ0) is 14.7. The van der Waals surface area contributed by atoms with Crippen molar-refractivity contribution in [3.05, 3.63) is 41.7 Å². The van der Waals surface area contributed by atoms with Crippen LogP contribution in [0.3, 0.4) is 0 Å². The first-order valence-corrected chi connectivity index (χ1v) is 7.43. The lowest BCUT2D eigenvalue weighted by molar-refractivity contribution is -0.120. The Labute approximate surface area is 128 Å². The summed E-state index contributed by atoms with van der Waals surface area (Å²) in [6, 6.07) is 7.23. The molecule has 0 unspecified atom stereocenters. The van der Waals surface area contributed by atoms with Gasteiger partial charge in [-0.1, -0.05) is 11.6 Å². The number of piperidine rings is 1. The number of nitrogens with zero attached hydrogens (tertiary/aromatic N) is 2. The van der Waals surface area contributed by atoms with Crippen LogP contribution in [-0.4, -0.2) is 28.8 Å². The van der Waals surface area contributed by atoms with Gasteiger partial charge < -0.3 is 10.6 Å². The van der Waals surface area contributed by atoms with Gasteiger partial charge in [0, 0.05) is 24.0 Å². The Balaban J connectivity index is 1.84. The Morgan fingerprint density at radius 3 is 3.10 bits per heavy atom. The molecule has 1 aromatic carbocycles. The summed E-state index contributed by atoms with van der Waals surface area (Å²) in [5.74, 6) is 0.0288. The second kappa shape index (κ2) is 6.28. The summed E-state index contributed by atoms with van der Waals surface area (Å²) in [5.41, 5.74) is 1.49. The highest BCUT2D eigenvalue weighted by atomic mass is 35.5. The van der Waals surface area contributed by atoms with Crippen LogP contribution in [0.4, 0.5) is 5.69 Å².